The van der Waals surface area contributed by atoms with Gasteiger partial charge in [-0.15, -0.1) is 0 Å². The third kappa shape index (κ3) is 4.60. The van der Waals surface area contributed by atoms with Gasteiger partial charge in [0.05, 0.1) is 0 Å². The maximum Gasteiger partial charge on any atom is 0.264 e. The number of benzene rings is 2. The highest BCUT2D eigenvalue weighted by Crippen LogP contribution is 2.37. The molecule has 0 aliphatic carbocycles. The van der Waals surface area contributed by atoms with Gasteiger partial charge in [-0.05, 0) is 28.3 Å². The second-order valence-electron chi connectivity index (χ2n) is 7.73. The summed E-state index contributed by atoms with van der Waals surface area (Å²) in [5, 5.41) is 13.0. The Morgan fingerprint density at radius 1 is 0.880 bits per heavy atom. The predicted molar refractivity (Wildman–Crippen MR) is 109 cm³/mol. The molecule has 0 bridgehead atoms. The summed E-state index contributed by atoms with van der Waals surface area (Å²) < 4.78 is 6.62. The van der Waals surface area contributed by atoms with E-state index in [2.05, 4.69) is 76.2 Å². The van der Waals surface area contributed by atoms with Crippen molar-refractivity contribution in [2.45, 2.75) is 64.7 Å². The van der Waals surface area contributed by atoms with E-state index in [9.17, 15) is 5.11 Å². The summed E-state index contributed by atoms with van der Waals surface area (Å²) in [7, 11) is -2.62. The molecule has 0 aromatic heterocycles. The van der Waals surface area contributed by atoms with Crippen molar-refractivity contribution in [3.05, 3.63) is 60.7 Å². The van der Waals surface area contributed by atoms with Gasteiger partial charge in [0.15, 0.2) is 0 Å². The summed E-state index contributed by atoms with van der Waals surface area (Å²) in [4.78, 5) is 0. The van der Waals surface area contributed by atoms with Crippen LogP contribution in [0.1, 0.15) is 53.4 Å². The van der Waals surface area contributed by atoms with E-state index in [-0.39, 0.29) is 5.04 Å². The molecule has 2 aromatic rings. The van der Waals surface area contributed by atoms with Crippen LogP contribution in [-0.4, -0.2) is 19.7 Å². The summed E-state index contributed by atoms with van der Waals surface area (Å²) in [6, 6.07) is 21.0. The molecule has 0 amide bonds. The first-order valence-electron chi connectivity index (χ1n) is 9.38. The zero-order chi connectivity index (χ0) is 18.3. The topological polar surface area (TPSA) is 29.5 Å². The van der Waals surface area contributed by atoms with E-state index in [1.54, 1.807) is 0 Å². The van der Waals surface area contributed by atoms with Gasteiger partial charge in [-0.1, -0.05) is 101 Å². The summed E-state index contributed by atoms with van der Waals surface area (Å²) in [5.41, 5.74) is 0. The summed E-state index contributed by atoms with van der Waals surface area (Å²) >= 11 is 0. The Kier molecular flexibility index (Phi) is 7.00. The first kappa shape index (κ1) is 19.9. The molecule has 1 N–H and O–H groups in total. The highest BCUT2D eigenvalue weighted by Gasteiger charge is 2.51. The van der Waals surface area contributed by atoms with Crippen molar-refractivity contribution < 1.29 is 9.53 Å². The molecule has 2 aromatic carbocycles. The Bertz CT molecular complexity index is 580. The Hall–Kier alpha value is -1.42. The molecule has 0 radical (unpaired) electrons. The van der Waals surface area contributed by atoms with Gasteiger partial charge in [0.25, 0.3) is 8.32 Å². The maximum absolute atomic E-state index is 10.7. The fourth-order valence-electron chi connectivity index (χ4n) is 3.52. The lowest BCUT2D eigenvalue weighted by atomic mass is 10.2. The first-order chi connectivity index (χ1) is 11.9. The molecule has 1 unspecified atom stereocenters. The third-order valence-corrected chi connectivity index (χ3v) is 9.82. The molecule has 2 nitrogen and oxygen atoms in total. The van der Waals surface area contributed by atoms with E-state index in [4.69, 9.17) is 4.43 Å². The van der Waals surface area contributed by atoms with E-state index in [0.717, 1.165) is 19.3 Å². The molecular formula is C22H32O2Si. The lowest BCUT2D eigenvalue weighted by Gasteiger charge is -2.44. The van der Waals surface area contributed by atoms with Gasteiger partial charge in [0.2, 0.25) is 0 Å². The molecule has 0 aliphatic heterocycles. The van der Waals surface area contributed by atoms with E-state index in [1.165, 1.54) is 10.4 Å². The minimum absolute atomic E-state index is 0.0958. The molecule has 0 fully saturated rings. The van der Waals surface area contributed by atoms with Crippen LogP contribution in [0.25, 0.3) is 0 Å². The Labute approximate surface area is 154 Å². The van der Waals surface area contributed by atoms with E-state index >= 15 is 0 Å². The molecule has 0 aliphatic rings. The molecule has 0 spiro atoms. The minimum Gasteiger partial charge on any atom is -0.383 e. The van der Waals surface area contributed by atoms with Crippen molar-refractivity contribution in [1.29, 1.82) is 0 Å². The number of unbranched alkanes of at least 4 members (excludes halogenated alkanes) is 2. The first-order valence-corrected chi connectivity index (χ1v) is 11.3. The molecule has 0 heterocycles. The second kappa shape index (κ2) is 8.79. The smallest absolute Gasteiger partial charge is 0.264 e. The van der Waals surface area contributed by atoms with Gasteiger partial charge in [-0.25, -0.2) is 0 Å². The van der Waals surface area contributed by atoms with Crippen molar-refractivity contribution in [2.24, 2.45) is 0 Å². The van der Waals surface area contributed by atoms with Gasteiger partial charge in [0.1, 0.15) is 6.29 Å². The van der Waals surface area contributed by atoms with Gasteiger partial charge in [-0.3, -0.25) is 0 Å². The Morgan fingerprint density at radius 2 is 1.36 bits per heavy atom. The van der Waals surface area contributed by atoms with E-state index in [1.807, 2.05) is 12.1 Å². The number of hydrogen-bond donors (Lipinski definition) is 1. The van der Waals surface area contributed by atoms with Crippen LogP contribution in [0.5, 0.6) is 0 Å². The highest BCUT2D eigenvalue weighted by atomic mass is 28.4. The zero-order valence-corrected chi connectivity index (χ0v) is 17.0. The van der Waals surface area contributed by atoms with Crippen LogP contribution in [-0.2, 0) is 4.43 Å². The molecule has 3 heteroatoms. The predicted octanol–water partition coefficient (Wildman–Crippen LogP) is 4.46. The molecule has 25 heavy (non-hydrogen) atoms. The molecule has 136 valence electrons. The summed E-state index contributed by atoms with van der Waals surface area (Å²) in [6.07, 6.45) is 3.24. The molecular weight excluding hydrogens is 324 g/mol. The SMILES string of the molecule is CCCCCC(O)O[Si](c1ccccc1)(c1ccccc1)C(C)(C)C. The van der Waals surface area contributed by atoms with Gasteiger partial charge >= 0.3 is 0 Å². The molecule has 1 atom stereocenters. The van der Waals surface area contributed by atoms with Crippen LogP contribution in [0, 0.1) is 0 Å². The Balaban J connectivity index is 2.49. The van der Waals surface area contributed by atoms with Gasteiger partial charge < -0.3 is 9.53 Å². The van der Waals surface area contributed by atoms with Crippen molar-refractivity contribution in [3.63, 3.8) is 0 Å². The summed E-state index contributed by atoms with van der Waals surface area (Å²) in [6.45, 7) is 8.88. The van der Waals surface area contributed by atoms with Crippen LogP contribution in [0.2, 0.25) is 5.04 Å². The zero-order valence-electron chi connectivity index (χ0n) is 16.0. The van der Waals surface area contributed by atoms with E-state index < -0.39 is 14.6 Å². The fourth-order valence-corrected chi connectivity index (χ4v) is 8.06. The normalized spacial score (nSPS) is 13.6. The van der Waals surface area contributed by atoms with Crippen molar-refractivity contribution in [3.8, 4) is 0 Å². The second-order valence-corrected chi connectivity index (χ2v) is 12.0. The standard InChI is InChI=1S/C22H32O2Si/c1-5-6-9-18-21(23)24-25(22(2,3)4,19-14-10-7-11-15-19)20-16-12-8-13-17-20/h7-8,10-17,21,23H,5-6,9,18H2,1-4H3. The monoisotopic (exact) mass is 356 g/mol. The lowest BCUT2D eigenvalue weighted by Crippen LogP contribution is -2.67. The molecule has 2 rings (SSSR count). The lowest BCUT2D eigenvalue weighted by molar-refractivity contribution is -0.0324. The fraction of sp³-hybridized carbons (Fsp3) is 0.455. The molecule has 0 saturated heterocycles. The number of aliphatic hydroxyl groups is 1. The van der Waals surface area contributed by atoms with Crippen molar-refractivity contribution in [2.75, 3.05) is 0 Å². The molecule has 0 saturated carbocycles. The van der Waals surface area contributed by atoms with Crippen molar-refractivity contribution >= 4 is 18.7 Å². The van der Waals surface area contributed by atoms with Gasteiger partial charge in [-0.2, -0.15) is 0 Å². The van der Waals surface area contributed by atoms with Crippen LogP contribution >= 0.6 is 0 Å². The third-order valence-electron chi connectivity index (χ3n) is 4.78. The van der Waals surface area contributed by atoms with Crippen LogP contribution in [0.15, 0.2) is 60.7 Å². The Morgan fingerprint density at radius 3 is 1.76 bits per heavy atom. The average molecular weight is 357 g/mol. The van der Waals surface area contributed by atoms with Crippen LogP contribution in [0.4, 0.5) is 0 Å². The van der Waals surface area contributed by atoms with Crippen molar-refractivity contribution in [1.82, 2.24) is 0 Å². The number of rotatable bonds is 8. The largest absolute Gasteiger partial charge is 0.383 e. The minimum atomic E-state index is -2.62. The van der Waals surface area contributed by atoms with Crippen LogP contribution in [0.3, 0.4) is 0 Å². The number of hydrogen-bond acceptors (Lipinski definition) is 2. The van der Waals surface area contributed by atoms with Gasteiger partial charge in [0, 0.05) is 0 Å². The quantitative estimate of drug-likeness (QED) is 0.430. The highest BCUT2D eigenvalue weighted by molar-refractivity contribution is 6.99. The number of aliphatic hydroxyl groups excluding tert-OH is 1. The maximum atomic E-state index is 10.7. The van der Waals surface area contributed by atoms with Crippen LogP contribution < -0.4 is 10.4 Å². The summed E-state index contributed by atoms with van der Waals surface area (Å²) in [5.74, 6) is 0. The van der Waals surface area contributed by atoms with E-state index in [0.29, 0.717) is 6.42 Å². The average Bonchev–Trinajstić information content (AvgIpc) is 2.60.